The third kappa shape index (κ3) is 8.19. The summed E-state index contributed by atoms with van der Waals surface area (Å²) in [7, 11) is 0. The molecular formula is C78H82BN3. The smallest absolute Gasteiger partial charge is 0.252 e. The summed E-state index contributed by atoms with van der Waals surface area (Å²) >= 11 is 0. The molecule has 0 saturated carbocycles. The molecule has 0 radical (unpaired) electrons. The number of hydrogen-bond acceptors (Lipinski definition) is 3. The first-order chi connectivity index (χ1) is 38.8. The molecule has 3 heterocycles. The lowest BCUT2D eigenvalue weighted by atomic mass is 9.33. The average Bonchev–Trinajstić information content (AvgIpc) is 2.16. The van der Waals surface area contributed by atoms with E-state index in [0.29, 0.717) is 0 Å². The van der Waals surface area contributed by atoms with E-state index >= 15 is 0 Å². The second kappa shape index (κ2) is 18.5. The minimum Gasteiger partial charge on any atom is -0.330 e. The van der Waals surface area contributed by atoms with Crippen LogP contribution >= 0.6 is 0 Å². The fourth-order valence-electron chi connectivity index (χ4n) is 14.9. The third-order valence-corrected chi connectivity index (χ3v) is 19.6. The highest BCUT2D eigenvalue weighted by molar-refractivity contribution is 7.00. The van der Waals surface area contributed by atoms with Crippen LogP contribution in [0.25, 0.3) is 22.3 Å². The highest BCUT2D eigenvalue weighted by Gasteiger charge is 2.61. The van der Waals surface area contributed by atoms with Crippen molar-refractivity contribution in [2.75, 3.05) is 14.7 Å². The summed E-state index contributed by atoms with van der Waals surface area (Å²) in [6, 6.07) is 71.6. The summed E-state index contributed by atoms with van der Waals surface area (Å²) < 4.78 is 0. The van der Waals surface area contributed by atoms with Crippen molar-refractivity contribution < 1.29 is 0 Å². The number of rotatable bonds is 5. The highest BCUT2D eigenvalue weighted by atomic mass is 15.3. The van der Waals surface area contributed by atoms with Crippen LogP contribution in [0.3, 0.4) is 0 Å². The molecule has 0 N–H and O–H groups in total. The second-order valence-electron chi connectivity index (χ2n) is 29.1. The summed E-state index contributed by atoms with van der Waals surface area (Å²) in [4.78, 5) is 8.22. The molecule has 0 aromatic heterocycles. The van der Waals surface area contributed by atoms with E-state index in [4.69, 9.17) is 0 Å². The summed E-state index contributed by atoms with van der Waals surface area (Å²) in [5, 5.41) is 0. The maximum Gasteiger partial charge on any atom is 0.252 e. The van der Waals surface area contributed by atoms with Crippen molar-refractivity contribution in [3.05, 3.63) is 232 Å². The first kappa shape index (κ1) is 53.7. The van der Waals surface area contributed by atoms with Gasteiger partial charge in [0.2, 0.25) is 0 Å². The quantitative estimate of drug-likeness (QED) is 0.159. The molecule has 3 aliphatic heterocycles. The molecule has 0 bridgehead atoms. The Kier molecular flexibility index (Phi) is 12.1. The Bertz CT molecular complexity index is 3860. The molecule has 412 valence electrons. The van der Waals surface area contributed by atoms with Crippen LogP contribution < -0.4 is 31.1 Å². The second-order valence-corrected chi connectivity index (χ2v) is 29.1. The normalized spacial score (nSPS) is 18.1. The lowest BCUT2D eigenvalue weighted by molar-refractivity contribution is 0.245. The molecule has 0 amide bonds. The van der Waals surface area contributed by atoms with Gasteiger partial charge in [-0.15, -0.1) is 0 Å². The first-order valence-electron chi connectivity index (χ1n) is 30.2. The van der Waals surface area contributed by atoms with Gasteiger partial charge in [0.05, 0.1) is 16.9 Å². The van der Waals surface area contributed by atoms with Crippen molar-refractivity contribution in [1.29, 1.82) is 0 Å². The van der Waals surface area contributed by atoms with Crippen molar-refractivity contribution in [3.63, 3.8) is 0 Å². The minimum absolute atomic E-state index is 0.0701. The summed E-state index contributed by atoms with van der Waals surface area (Å²) in [5.41, 5.74) is 29.9. The van der Waals surface area contributed by atoms with Gasteiger partial charge in [-0.05, 0) is 176 Å². The molecule has 4 heteroatoms. The zero-order chi connectivity index (χ0) is 57.8. The Hall–Kier alpha value is -7.56. The standard InChI is InChI=1S/C78H82BN3/c1-49-41-50(2)72-62(42-49)77(15)40-39-53-29-23-24-30-61(53)78(77,16)82(72)58-47-69-71-70(48-58)81(66-36-32-55(74(6,7)8)44-60(66)52-27-21-18-22-28-52)68-38-34-57(76(12,13)14)46-64(68)79(71)63-45-56(75(9,10)11)33-37-67(63)80(69)65-35-31-54(73(3,4)5)43-59(65)51-25-19-17-20-26-51/h17-38,41-48H,39-40H2,1-16H3. The predicted molar refractivity (Wildman–Crippen MR) is 354 cm³/mol. The van der Waals surface area contributed by atoms with Crippen LogP contribution in [0.4, 0.5) is 45.5 Å². The first-order valence-corrected chi connectivity index (χ1v) is 30.2. The van der Waals surface area contributed by atoms with Gasteiger partial charge in [0.25, 0.3) is 6.71 Å². The number of aryl methyl sites for hydroxylation is 3. The van der Waals surface area contributed by atoms with Crippen LogP contribution in [0.5, 0.6) is 0 Å². The topological polar surface area (TPSA) is 9.72 Å². The Morgan fingerprint density at radius 1 is 0.415 bits per heavy atom. The van der Waals surface area contributed by atoms with E-state index in [0.717, 1.165) is 12.8 Å². The van der Waals surface area contributed by atoms with Gasteiger partial charge in [0.1, 0.15) is 0 Å². The van der Waals surface area contributed by atoms with Crippen LogP contribution in [0.1, 0.15) is 153 Å². The van der Waals surface area contributed by atoms with Gasteiger partial charge in [-0.3, -0.25) is 0 Å². The SMILES string of the molecule is Cc1cc(C)c2c(c1)C1(C)CCc3ccccc3C1(C)N2c1cc2c3c(c1)N(c1ccc(C(C)(C)C)cc1-c1ccccc1)c1ccc(C(C)(C)C)cc1B3c1cc(C(C)(C)C)ccc1N2c1ccc(C(C)(C)C)cc1-c1ccccc1. The Morgan fingerprint density at radius 2 is 0.841 bits per heavy atom. The molecule has 0 spiro atoms. The van der Waals surface area contributed by atoms with Gasteiger partial charge in [-0.2, -0.15) is 0 Å². The Balaban J connectivity index is 1.23. The number of fused-ring (bicyclic) bond motifs is 9. The fraction of sp³-hybridized carbons (Fsp3) is 0.308. The van der Waals surface area contributed by atoms with Gasteiger partial charge in [0, 0.05) is 50.7 Å². The van der Waals surface area contributed by atoms with Crippen molar-refractivity contribution >= 4 is 68.6 Å². The van der Waals surface area contributed by atoms with Crippen molar-refractivity contribution in [2.24, 2.45) is 0 Å². The minimum atomic E-state index is -0.436. The van der Waals surface area contributed by atoms with Gasteiger partial charge in [0.15, 0.2) is 0 Å². The number of nitrogens with zero attached hydrogens (tertiary/aromatic N) is 3. The van der Waals surface area contributed by atoms with Crippen molar-refractivity contribution in [3.8, 4) is 22.3 Å². The largest absolute Gasteiger partial charge is 0.330 e. The highest BCUT2D eigenvalue weighted by Crippen LogP contribution is 2.65. The van der Waals surface area contributed by atoms with E-state index < -0.39 is 5.54 Å². The van der Waals surface area contributed by atoms with E-state index in [2.05, 4.69) is 307 Å². The van der Waals surface area contributed by atoms with E-state index in [-0.39, 0.29) is 33.8 Å². The molecule has 3 nitrogen and oxygen atoms in total. The van der Waals surface area contributed by atoms with Gasteiger partial charge in [-0.25, -0.2) is 0 Å². The lowest BCUT2D eigenvalue weighted by Crippen LogP contribution is -2.62. The predicted octanol–water partition coefficient (Wildman–Crippen LogP) is 19.2. The lowest BCUT2D eigenvalue weighted by Gasteiger charge is -2.52. The Labute approximate surface area is 491 Å². The van der Waals surface area contributed by atoms with Crippen molar-refractivity contribution in [2.45, 2.75) is 156 Å². The van der Waals surface area contributed by atoms with Gasteiger partial charge >= 0.3 is 0 Å². The van der Waals surface area contributed by atoms with Crippen LogP contribution in [0.15, 0.2) is 182 Å². The molecule has 0 fully saturated rings. The molecule has 13 rings (SSSR count). The van der Waals surface area contributed by atoms with E-state index in [1.807, 2.05) is 0 Å². The number of anilines is 8. The van der Waals surface area contributed by atoms with Crippen LogP contribution in [-0.4, -0.2) is 6.71 Å². The molecule has 9 aromatic carbocycles. The number of benzene rings is 9. The average molecular weight is 1070 g/mol. The molecule has 4 aliphatic rings. The summed E-state index contributed by atoms with van der Waals surface area (Å²) in [6.45, 7) is 38.0. The van der Waals surface area contributed by atoms with Gasteiger partial charge in [-0.1, -0.05) is 229 Å². The third-order valence-electron chi connectivity index (χ3n) is 19.6. The zero-order valence-electron chi connectivity index (χ0n) is 51.7. The molecule has 2 unspecified atom stereocenters. The monoisotopic (exact) mass is 1070 g/mol. The molecular weight excluding hydrogens is 990 g/mol. The van der Waals surface area contributed by atoms with E-state index in [1.165, 1.54) is 134 Å². The zero-order valence-corrected chi connectivity index (χ0v) is 51.7. The Morgan fingerprint density at radius 3 is 1.30 bits per heavy atom. The van der Waals surface area contributed by atoms with E-state index in [1.54, 1.807) is 0 Å². The molecule has 1 aliphatic carbocycles. The van der Waals surface area contributed by atoms with Crippen molar-refractivity contribution in [1.82, 2.24) is 0 Å². The molecule has 82 heavy (non-hydrogen) atoms. The molecule has 2 atom stereocenters. The molecule has 0 saturated heterocycles. The maximum absolute atomic E-state index is 2.83. The van der Waals surface area contributed by atoms with Gasteiger partial charge < -0.3 is 14.7 Å². The van der Waals surface area contributed by atoms with E-state index in [9.17, 15) is 0 Å². The number of hydrogen-bond donors (Lipinski definition) is 0. The maximum atomic E-state index is 2.83. The van der Waals surface area contributed by atoms with Crippen LogP contribution in [0.2, 0.25) is 0 Å². The summed E-state index contributed by atoms with van der Waals surface area (Å²) in [5.74, 6) is 0. The van der Waals surface area contributed by atoms with Crippen LogP contribution in [-0.2, 0) is 39.0 Å². The fourth-order valence-corrected chi connectivity index (χ4v) is 14.9. The molecule has 9 aromatic rings. The summed E-state index contributed by atoms with van der Waals surface area (Å²) in [6.07, 6.45) is 2.10. The van der Waals surface area contributed by atoms with Crippen LogP contribution in [0, 0.1) is 13.8 Å².